The zero-order chi connectivity index (χ0) is 14.7. The van der Waals surface area contributed by atoms with E-state index in [0.29, 0.717) is 5.56 Å². The Hall–Kier alpha value is -2.20. The van der Waals surface area contributed by atoms with Crippen molar-refractivity contribution in [1.82, 2.24) is 4.98 Å². The second-order valence-electron chi connectivity index (χ2n) is 4.17. The highest BCUT2D eigenvalue weighted by Crippen LogP contribution is 2.23. The summed E-state index contributed by atoms with van der Waals surface area (Å²) >= 11 is 6.08. The highest BCUT2D eigenvalue weighted by atomic mass is 35.5. The molecule has 0 spiro atoms. The van der Waals surface area contributed by atoms with Crippen molar-refractivity contribution in [2.24, 2.45) is 0 Å². The van der Waals surface area contributed by atoms with Gasteiger partial charge in [-0.25, -0.2) is 9.78 Å². The molecule has 102 valence electrons. The molecule has 1 aromatic heterocycles. The number of Topliss-reactive ketones (excluding diaryl/α,β-unsaturated/α-hetero) is 1. The molecule has 0 aliphatic carbocycles. The number of benzene rings is 1. The molecule has 5 heteroatoms. The molecule has 0 atom stereocenters. The molecule has 0 radical (unpaired) electrons. The second kappa shape index (κ2) is 5.84. The third-order valence-corrected chi connectivity index (χ3v) is 3.09. The maximum atomic E-state index is 11.6. The van der Waals surface area contributed by atoms with Crippen LogP contribution < -0.4 is 0 Å². The molecule has 2 rings (SSSR count). The molecule has 1 heterocycles. The highest BCUT2D eigenvalue weighted by molar-refractivity contribution is 6.32. The van der Waals surface area contributed by atoms with Crippen LogP contribution in [0.5, 0.6) is 0 Å². The van der Waals surface area contributed by atoms with Crippen molar-refractivity contribution >= 4 is 40.3 Å². The summed E-state index contributed by atoms with van der Waals surface area (Å²) in [6.07, 6.45) is 1.40. The third-order valence-electron chi connectivity index (χ3n) is 2.79. The van der Waals surface area contributed by atoms with Crippen LogP contribution in [-0.4, -0.2) is 23.8 Å². The molecule has 0 unspecified atom stereocenters. The lowest BCUT2D eigenvalue weighted by Gasteiger charge is -2.05. The van der Waals surface area contributed by atoms with Gasteiger partial charge in [-0.3, -0.25) is 4.79 Å². The van der Waals surface area contributed by atoms with E-state index in [1.54, 1.807) is 6.07 Å². The Kier molecular flexibility index (Phi) is 4.15. The number of ether oxygens (including phenoxy) is 1. The van der Waals surface area contributed by atoms with Crippen LogP contribution in [-0.2, 0) is 14.3 Å². The van der Waals surface area contributed by atoms with Gasteiger partial charge in [-0.05, 0) is 25.1 Å². The normalized spacial score (nSPS) is 11.4. The summed E-state index contributed by atoms with van der Waals surface area (Å²) in [6.45, 7) is 1.30. The number of methoxy groups -OCH3 is 1. The van der Waals surface area contributed by atoms with Crippen LogP contribution in [0.25, 0.3) is 17.0 Å². The number of pyridine rings is 1. The van der Waals surface area contributed by atoms with E-state index in [0.717, 1.165) is 10.9 Å². The Morgan fingerprint density at radius 1 is 1.30 bits per heavy atom. The average molecular weight is 290 g/mol. The van der Waals surface area contributed by atoms with Gasteiger partial charge in [0.2, 0.25) is 0 Å². The Balaban J connectivity index is 2.59. The van der Waals surface area contributed by atoms with Gasteiger partial charge in [-0.2, -0.15) is 0 Å². The van der Waals surface area contributed by atoms with Gasteiger partial charge < -0.3 is 4.74 Å². The van der Waals surface area contributed by atoms with Crippen molar-refractivity contribution in [2.45, 2.75) is 6.92 Å². The fourth-order valence-electron chi connectivity index (χ4n) is 1.78. The minimum absolute atomic E-state index is 0.0634. The number of carbonyl (C=O) groups is 2. The quantitative estimate of drug-likeness (QED) is 0.286. The molecule has 0 bridgehead atoms. The number of aromatic nitrogens is 1. The molecule has 0 amide bonds. The van der Waals surface area contributed by atoms with Crippen LogP contribution >= 0.6 is 11.6 Å². The lowest BCUT2D eigenvalue weighted by Crippen LogP contribution is -2.11. The van der Waals surface area contributed by atoms with Gasteiger partial charge >= 0.3 is 5.97 Å². The number of hydrogen-bond acceptors (Lipinski definition) is 4. The molecular weight excluding hydrogens is 278 g/mol. The van der Waals surface area contributed by atoms with E-state index in [1.807, 2.05) is 24.3 Å². The van der Waals surface area contributed by atoms with E-state index >= 15 is 0 Å². The molecule has 4 nitrogen and oxygen atoms in total. The maximum Gasteiger partial charge on any atom is 0.341 e. The second-order valence-corrected chi connectivity index (χ2v) is 4.52. The molecule has 20 heavy (non-hydrogen) atoms. The van der Waals surface area contributed by atoms with Crippen molar-refractivity contribution < 1.29 is 14.3 Å². The van der Waals surface area contributed by atoms with E-state index in [4.69, 9.17) is 11.6 Å². The van der Waals surface area contributed by atoms with Gasteiger partial charge in [0.25, 0.3) is 0 Å². The van der Waals surface area contributed by atoms with Crippen LogP contribution in [0.1, 0.15) is 12.5 Å². The van der Waals surface area contributed by atoms with Gasteiger partial charge in [-0.15, -0.1) is 0 Å². The van der Waals surface area contributed by atoms with Crippen molar-refractivity contribution in [2.75, 3.05) is 7.11 Å². The first kappa shape index (κ1) is 14.2. The maximum absolute atomic E-state index is 11.6. The zero-order valence-electron chi connectivity index (χ0n) is 11.0. The van der Waals surface area contributed by atoms with Crippen LogP contribution in [0.4, 0.5) is 0 Å². The van der Waals surface area contributed by atoms with Crippen LogP contribution in [0.2, 0.25) is 5.15 Å². The average Bonchev–Trinajstić information content (AvgIpc) is 2.43. The van der Waals surface area contributed by atoms with Gasteiger partial charge in [-0.1, -0.05) is 29.8 Å². The summed E-state index contributed by atoms with van der Waals surface area (Å²) in [5, 5.41) is 1.10. The number of carbonyl (C=O) groups excluding carboxylic acids is 2. The topological polar surface area (TPSA) is 56.3 Å². The number of hydrogen-bond donors (Lipinski definition) is 0. The van der Waals surface area contributed by atoms with Gasteiger partial charge in [0.15, 0.2) is 5.78 Å². The number of fused-ring (bicyclic) bond motifs is 1. The van der Waals surface area contributed by atoms with Gasteiger partial charge in [0, 0.05) is 10.9 Å². The lowest BCUT2D eigenvalue weighted by atomic mass is 10.1. The standard InChI is InChI=1S/C15H12ClNO3/c1-9(18)12(15(19)20-2)8-11-7-10-5-3-4-6-13(10)17-14(11)16/h3-8H,1-2H3/b12-8-. The molecule has 0 saturated carbocycles. The minimum atomic E-state index is -0.693. The molecule has 0 aliphatic heterocycles. The Morgan fingerprint density at radius 3 is 2.65 bits per heavy atom. The van der Waals surface area contributed by atoms with Gasteiger partial charge in [0.05, 0.1) is 12.6 Å². The molecule has 0 aliphatic rings. The van der Waals surface area contributed by atoms with Crippen molar-refractivity contribution in [3.63, 3.8) is 0 Å². The monoisotopic (exact) mass is 289 g/mol. The molecule has 0 N–H and O–H groups in total. The van der Waals surface area contributed by atoms with Crippen molar-refractivity contribution in [3.05, 3.63) is 46.6 Å². The SMILES string of the molecule is COC(=O)/C(=C\c1cc2ccccc2nc1Cl)C(C)=O. The first-order chi connectivity index (χ1) is 9.52. The number of para-hydroxylation sites is 1. The predicted molar refractivity (Wildman–Crippen MR) is 77.4 cm³/mol. The molecule has 0 fully saturated rings. The van der Waals surface area contributed by atoms with Crippen molar-refractivity contribution in [1.29, 1.82) is 0 Å². The van der Waals surface area contributed by atoms with Crippen LogP contribution in [0.3, 0.4) is 0 Å². The number of nitrogens with zero attached hydrogens (tertiary/aromatic N) is 1. The van der Waals surface area contributed by atoms with Crippen molar-refractivity contribution in [3.8, 4) is 0 Å². The Bertz CT molecular complexity index is 722. The smallest absolute Gasteiger partial charge is 0.341 e. The summed E-state index contributed by atoms with van der Waals surface area (Å²) in [6, 6.07) is 9.22. The van der Waals surface area contributed by atoms with Crippen LogP contribution in [0.15, 0.2) is 35.9 Å². The lowest BCUT2D eigenvalue weighted by molar-refractivity contribution is -0.137. The summed E-state index contributed by atoms with van der Waals surface area (Å²) in [5.74, 6) is -1.08. The summed E-state index contributed by atoms with van der Waals surface area (Å²) in [5.41, 5.74) is 1.18. The summed E-state index contributed by atoms with van der Waals surface area (Å²) in [4.78, 5) is 27.3. The van der Waals surface area contributed by atoms with E-state index in [9.17, 15) is 9.59 Å². The molecule has 1 aromatic carbocycles. The van der Waals surface area contributed by atoms with Gasteiger partial charge in [0.1, 0.15) is 10.7 Å². The Labute approximate surface area is 121 Å². The molecular formula is C15H12ClNO3. The molecule has 0 saturated heterocycles. The zero-order valence-corrected chi connectivity index (χ0v) is 11.8. The van der Waals surface area contributed by atoms with E-state index in [-0.39, 0.29) is 16.5 Å². The van der Waals surface area contributed by atoms with E-state index in [2.05, 4.69) is 9.72 Å². The highest BCUT2D eigenvalue weighted by Gasteiger charge is 2.16. The first-order valence-electron chi connectivity index (χ1n) is 5.89. The number of halogens is 1. The molecule has 2 aromatic rings. The Morgan fingerprint density at radius 2 is 2.00 bits per heavy atom. The first-order valence-corrected chi connectivity index (χ1v) is 6.27. The largest absolute Gasteiger partial charge is 0.465 e. The predicted octanol–water partition coefficient (Wildman–Crippen LogP) is 3.03. The fraction of sp³-hybridized carbons (Fsp3) is 0.133. The number of ketones is 1. The number of esters is 1. The summed E-state index contributed by atoms with van der Waals surface area (Å²) < 4.78 is 4.58. The number of rotatable bonds is 3. The minimum Gasteiger partial charge on any atom is -0.465 e. The van der Waals surface area contributed by atoms with Crippen LogP contribution in [0, 0.1) is 0 Å². The fourth-order valence-corrected chi connectivity index (χ4v) is 1.98. The van der Waals surface area contributed by atoms with E-state index in [1.165, 1.54) is 20.1 Å². The third kappa shape index (κ3) is 2.86. The summed E-state index contributed by atoms with van der Waals surface area (Å²) in [7, 11) is 1.22. The van der Waals surface area contributed by atoms with E-state index < -0.39 is 5.97 Å².